The van der Waals surface area contributed by atoms with Crippen molar-refractivity contribution in [3.8, 4) is 5.75 Å². The highest BCUT2D eigenvalue weighted by Crippen LogP contribution is 2.16. The number of Topliss-reactive ketones (excluding diaryl/α,β-unsaturated/α-hetero) is 1. The van der Waals surface area contributed by atoms with Gasteiger partial charge in [0.15, 0.2) is 11.9 Å². The zero-order chi connectivity index (χ0) is 16.9. The van der Waals surface area contributed by atoms with Gasteiger partial charge in [-0.2, -0.15) is 0 Å². The summed E-state index contributed by atoms with van der Waals surface area (Å²) in [4.78, 5) is 34.6. The summed E-state index contributed by atoms with van der Waals surface area (Å²) >= 11 is 0. The molecular weight excluding hydrogens is 286 g/mol. The van der Waals surface area contributed by atoms with E-state index in [0.717, 1.165) is 0 Å². The van der Waals surface area contributed by atoms with Crippen LogP contribution in [0.3, 0.4) is 0 Å². The van der Waals surface area contributed by atoms with Crippen LogP contribution < -0.4 is 10.1 Å². The molecule has 0 bridgehead atoms. The zero-order valence-electron chi connectivity index (χ0n) is 13.2. The third kappa shape index (κ3) is 4.31. The van der Waals surface area contributed by atoms with Crippen LogP contribution in [0.25, 0.3) is 0 Å². The van der Waals surface area contributed by atoms with Gasteiger partial charge < -0.3 is 15.2 Å². The number of nitrogens with one attached hydrogen (secondary N) is 1. The molecule has 0 saturated heterocycles. The number of aliphatic carboxylic acids is 1. The zero-order valence-corrected chi connectivity index (χ0v) is 13.2. The Hall–Kier alpha value is -2.37. The number of carbonyl (C=O) groups excluding carboxylic acids is 2. The fourth-order valence-corrected chi connectivity index (χ4v) is 1.71. The van der Waals surface area contributed by atoms with Crippen molar-refractivity contribution in [2.75, 3.05) is 0 Å². The van der Waals surface area contributed by atoms with E-state index in [1.54, 1.807) is 31.2 Å². The SMILES string of the molecule is CCC(C)(NC(=O)C(C)Oc1cccc(C(C)=O)c1)C(=O)O. The van der Waals surface area contributed by atoms with Gasteiger partial charge in [-0.3, -0.25) is 9.59 Å². The van der Waals surface area contributed by atoms with E-state index in [4.69, 9.17) is 9.84 Å². The van der Waals surface area contributed by atoms with Crippen molar-refractivity contribution < 1.29 is 24.2 Å². The fraction of sp³-hybridized carbons (Fsp3) is 0.438. The molecule has 0 spiro atoms. The van der Waals surface area contributed by atoms with Gasteiger partial charge in [-0.25, -0.2) is 4.79 Å². The van der Waals surface area contributed by atoms with Gasteiger partial charge in [-0.1, -0.05) is 19.1 Å². The van der Waals surface area contributed by atoms with Gasteiger partial charge in [0.2, 0.25) is 0 Å². The number of hydrogen-bond donors (Lipinski definition) is 2. The molecule has 1 rings (SSSR count). The molecule has 1 aromatic carbocycles. The molecule has 0 saturated carbocycles. The molecule has 2 unspecified atom stereocenters. The van der Waals surface area contributed by atoms with E-state index in [1.165, 1.54) is 20.8 Å². The van der Waals surface area contributed by atoms with E-state index < -0.39 is 23.5 Å². The van der Waals surface area contributed by atoms with Crippen LogP contribution in [-0.2, 0) is 9.59 Å². The van der Waals surface area contributed by atoms with Gasteiger partial charge in [-0.15, -0.1) is 0 Å². The smallest absolute Gasteiger partial charge is 0.329 e. The second-order valence-electron chi connectivity index (χ2n) is 5.32. The quantitative estimate of drug-likeness (QED) is 0.752. The number of carboxylic acid groups (broad SMARTS) is 1. The Morgan fingerprint density at radius 2 is 2.00 bits per heavy atom. The average Bonchev–Trinajstić information content (AvgIpc) is 2.46. The van der Waals surface area contributed by atoms with Crippen molar-refractivity contribution in [2.24, 2.45) is 0 Å². The minimum Gasteiger partial charge on any atom is -0.481 e. The molecule has 2 atom stereocenters. The second-order valence-corrected chi connectivity index (χ2v) is 5.32. The predicted molar refractivity (Wildman–Crippen MR) is 81.0 cm³/mol. The molecule has 1 aromatic rings. The van der Waals surface area contributed by atoms with E-state index in [9.17, 15) is 14.4 Å². The summed E-state index contributed by atoms with van der Waals surface area (Å²) in [5.41, 5.74) is -0.857. The first-order valence-electron chi connectivity index (χ1n) is 7.02. The van der Waals surface area contributed by atoms with Crippen LogP contribution in [-0.4, -0.2) is 34.4 Å². The highest BCUT2D eigenvalue weighted by Gasteiger charge is 2.34. The van der Waals surface area contributed by atoms with E-state index in [-0.39, 0.29) is 12.2 Å². The molecule has 0 aliphatic carbocycles. The van der Waals surface area contributed by atoms with Crippen molar-refractivity contribution in [3.63, 3.8) is 0 Å². The van der Waals surface area contributed by atoms with Gasteiger partial charge in [0, 0.05) is 5.56 Å². The Bertz CT molecular complexity index is 584. The van der Waals surface area contributed by atoms with Gasteiger partial charge in [0.1, 0.15) is 11.3 Å². The molecule has 6 heteroatoms. The summed E-state index contributed by atoms with van der Waals surface area (Å²) in [5.74, 6) is -1.36. The standard InChI is InChI=1S/C16H21NO5/c1-5-16(4,15(20)21)17-14(19)11(3)22-13-8-6-7-12(9-13)10(2)18/h6-9,11H,5H2,1-4H3,(H,17,19)(H,20,21). The molecule has 0 fully saturated rings. The van der Waals surface area contributed by atoms with Crippen molar-refractivity contribution in [2.45, 2.75) is 45.8 Å². The summed E-state index contributed by atoms with van der Waals surface area (Å²) in [6.07, 6.45) is -0.631. The normalized spacial score (nSPS) is 14.5. The van der Waals surface area contributed by atoms with Crippen LogP contribution in [0, 0.1) is 0 Å². The van der Waals surface area contributed by atoms with E-state index >= 15 is 0 Å². The molecule has 0 aliphatic heterocycles. The summed E-state index contributed by atoms with van der Waals surface area (Å²) in [7, 11) is 0. The van der Waals surface area contributed by atoms with Gasteiger partial charge in [0.05, 0.1) is 0 Å². The monoisotopic (exact) mass is 307 g/mol. The maximum absolute atomic E-state index is 12.1. The van der Waals surface area contributed by atoms with Gasteiger partial charge >= 0.3 is 5.97 Å². The highest BCUT2D eigenvalue weighted by molar-refractivity contribution is 5.94. The molecule has 2 N–H and O–H groups in total. The van der Waals surface area contributed by atoms with Crippen molar-refractivity contribution in [1.29, 1.82) is 0 Å². The van der Waals surface area contributed by atoms with E-state index in [2.05, 4.69) is 5.32 Å². The molecule has 22 heavy (non-hydrogen) atoms. The lowest BCUT2D eigenvalue weighted by atomic mass is 9.99. The van der Waals surface area contributed by atoms with Gasteiger partial charge in [0.25, 0.3) is 5.91 Å². The largest absolute Gasteiger partial charge is 0.481 e. The fourth-order valence-electron chi connectivity index (χ4n) is 1.71. The molecule has 0 radical (unpaired) electrons. The summed E-state index contributed by atoms with van der Waals surface area (Å²) in [6.45, 7) is 6.08. The number of carboxylic acids is 1. The first kappa shape index (κ1) is 17.7. The molecule has 0 aliphatic rings. The molecule has 0 heterocycles. The van der Waals surface area contributed by atoms with Crippen molar-refractivity contribution in [1.82, 2.24) is 5.32 Å². The molecular formula is C16H21NO5. The number of ketones is 1. The number of amides is 1. The van der Waals surface area contributed by atoms with Gasteiger partial charge in [-0.05, 0) is 39.3 Å². The molecule has 6 nitrogen and oxygen atoms in total. The number of hydrogen-bond acceptors (Lipinski definition) is 4. The van der Waals surface area contributed by atoms with Crippen molar-refractivity contribution >= 4 is 17.7 Å². The minimum atomic E-state index is -1.34. The van der Waals surface area contributed by atoms with Crippen molar-refractivity contribution in [3.05, 3.63) is 29.8 Å². The minimum absolute atomic E-state index is 0.105. The van der Waals surface area contributed by atoms with Crippen LogP contribution in [0.5, 0.6) is 5.75 Å². The third-order valence-corrected chi connectivity index (χ3v) is 3.50. The van der Waals surface area contributed by atoms with Crippen LogP contribution in [0.15, 0.2) is 24.3 Å². The summed E-state index contributed by atoms with van der Waals surface area (Å²) in [6, 6.07) is 6.48. The second kappa shape index (κ2) is 7.06. The number of benzene rings is 1. The molecule has 120 valence electrons. The molecule has 0 aromatic heterocycles. The maximum Gasteiger partial charge on any atom is 0.329 e. The van der Waals surface area contributed by atoms with Crippen LogP contribution in [0.4, 0.5) is 0 Å². The first-order chi connectivity index (χ1) is 10.2. The van der Waals surface area contributed by atoms with E-state index in [1.807, 2.05) is 0 Å². The number of ether oxygens (including phenoxy) is 1. The topological polar surface area (TPSA) is 92.7 Å². The Kier molecular flexibility index (Phi) is 5.68. The van der Waals surface area contributed by atoms with Crippen LogP contribution in [0.1, 0.15) is 44.5 Å². The highest BCUT2D eigenvalue weighted by atomic mass is 16.5. The lowest BCUT2D eigenvalue weighted by molar-refractivity contribution is -0.148. The Morgan fingerprint density at radius 3 is 2.50 bits per heavy atom. The van der Waals surface area contributed by atoms with E-state index in [0.29, 0.717) is 11.3 Å². The predicted octanol–water partition coefficient (Wildman–Crippen LogP) is 2.03. The Morgan fingerprint density at radius 1 is 1.36 bits per heavy atom. The average molecular weight is 307 g/mol. The maximum atomic E-state index is 12.1. The Labute approximate surface area is 129 Å². The first-order valence-corrected chi connectivity index (χ1v) is 7.02. The van der Waals surface area contributed by atoms with Crippen LogP contribution in [0.2, 0.25) is 0 Å². The summed E-state index contributed by atoms with van der Waals surface area (Å²) in [5, 5.41) is 11.6. The van der Waals surface area contributed by atoms with Crippen LogP contribution >= 0.6 is 0 Å². The molecule has 1 amide bonds. The lowest BCUT2D eigenvalue weighted by Gasteiger charge is -2.26. The number of carbonyl (C=O) groups is 3. The lowest BCUT2D eigenvalue weighted by Crippen LogP contribution is -2.54. The Balaban J connectivity index is 2.78. The summed E-state index contributed by atoms with van der Waals surface area (Å²) < 4.78 is 5.48. The third-order valence-electron chi connectivity index (χ3n) is 3.50. The number of rotatable bonds is 7.